The van der Waals surface area contributed by atoms with E-state index in [-0.39, 0.29) is 6.79 Å². The number of hydrogen-bond donors (Lipinski definition) is 0. The van der Waals surface area contributed by atoms with Gasteiger partial charge in [-0.1, -0.05) is 5.16 Å². The van der Waals surface area contributed by atoms with Crippen molar-refractivity contribution < 1.29 is 14.0 Å². The van der Waals surface area contributed by atoms with Crippen molar-refractivity contribution in [3.05, 3.63) is 30.4 Å². The molecule has 9 heteroatoms. The third-order valence-corrected chi connectivity index (χ3v) is 2.79. The Morgan fingerprint density at radius 2 is 2.15 bits per heavy atom. The van der Waals surface area contributed by atoms with Crippen molar-refractivity contribution in [3.8, 4) is 22.9 Å². The predicted molar refractivity (Wildman–Crippen MR) is 62.8 cm³/mol. The first-order chi connectivity index (χ1) is 9.88. The van der Waals surface area contributed by atoms with Gasteiger partial charge in [-0.05, 0) is 28.6 Å². The molecule has 0 N–H and O–H groups in total. The Bertz CT molecular complexity index is 738. The highest BCUT2D eigenvalue weighted by Gasteiger charge is 2.16. The second-order valence-electron chi connectivity index (χ2n) is 4.09. The van der Waals surface area contributed by atoms with Crippen LogP contribution in [0.2, 0.25) is 0 Å². The van der Waals surface area contributed by atoms with Gasteiger partial charge in [0, 0.05) is 5.56 Å². The van der Waals surface area contributed by atoms with Crippen LogP contribution in [0.4, 0.5) is 0 Å². The maximum atomic E-state index is 5.31. The summed E-state index contributed by atoms with van der Waals surface area (Å²) in [4.78, 5) is 4.29. The molecule has 2 aromatic heterocycles. The van der Waals surface area contributed by atoms with Crippen LogP contribution in [0.15, 0.2) is 29.0 Å². The van der Waals surface area contributed by atoms with Crippen molar-refractivity contribution in [2.24, 2.45) is 0 Å². The lowest BCUT2D eigenvalue weighted by molar-refractivity contribution is 0.174. The Balaban J connectivity index is 1.61. The van der Waals surface area contributed by atoms with Crippen molar-refractivity contribution in [3.63, 3.8) is 0 Å². The van der Waals surface area contributed by atoms with Crippen molar-refractivity contribution in [1.29, 1.82) is 0 Å². The first kappa shape index (κ1) is 10.9. The first-order valence-corrected chi connectivity index (χ1v) is 5.82. The molecule has 4 rings (SSSR count). The number of aromatic nitrogens is 6. The molecule has 9 nitrogen and oxygen atoms in total. The highest BCUT2D eigenvalue weighted by Crippen LogP contribution is 2.35. The smallest absolute Gasteiger partial charge is 0.248 e. The molecule has 0 saturated heterocycles. The van der Waals surface area contributed by atoms with E-state index in [1.165, 1.54) is 11.0 Å². The fourth-order valence-corrected chi connectivity index (χ4v) is 1.86. The lowest BCUT2D eigenvalue weighted by Crippen LogP contribution is -2.00. The van der Waals surface area contributed by atoms with Gasteiger partial charge in [0.2, 0.25) is 18.5 Å². The first-order valence-electron chi connectivity index (χ1n) is 5.82. The van der Waals surface area contributed by atoms with E-state index in [1.807, 2.05) is 18.2 Å². The molecule has 0 radical (unpaired) electrons. The molecule has 0 bridgehead atoms. The van der Waals surface area contributed by atoms with Gasteiger partial charge in [0.1, 0.15) is 12.9 Å². The van der Waals surface area contributed by atoms with E-state index in [9.17, 15) is 0 Å². The summed E-state index contributed by atoms with van der Waals surface area (Å²) in [6, 6.07) is 5.47. The standard InChI is InChI=1S/C11H8N6O3/c1-2-8-9(19-6-18-8)3-7(1)11-13-10(20-14-11)4-17-5-12-15-16-17/h1-3,5H,4,6H2. The zero-order valence-corrected chi connectivity index (χ0v) is 10.1. The predicted octanol–water partition coefficient (Wildman–Crippen LogP) is 0.500. The normalized spacial score (nSPS) is 12.8. The SMILES string of the molecule is c1cc2c(cc1-c1noc(Cn3cnnn3)n1)OCO2. The summed E-state index contributed by atoms with van der Waals surface area (Å²) in [6.45, 7) is 0.556. The zero-order valence-electron chi connectivity index (χ0n) is 10.1. The van der Waals surface area contributed by atoms with Gasteiger partial charge in [0.15, 0.2) is 11.5 Å². The van der Waals surface area contributed by atoms with Gasteiger partial charge in [0.25, 0.3) is 0 Å². The number of benzene rings is 1. The molecule has 1 aliphatic heterocycles. The number of ether oxygens (including phenoxy) is 2. The van der Waals surface area contributed by atoms with Crippen LogP contribution in [0.5, 0.6) is 11.5 Å². The maximum absolute atomic E-state index is 5.31. The van der Waals surface area contributed by atoms with E-state index in [0.29, 0.717) is 29.8 Å². The minimum absolute atomic E-state index is 0.232. The molecule has 0 saturated carbocycles. The van der Waals surface area contributed by atoms with Crippen LogP contribution in [-0.4, -0.2) is 37.1 Å². The largest absolute Gasteiger partial charge is 0.454 e. The molecule has 3 heterocycles. The molecule has 0 spiro atoms. The number of hydrogen-bond acceptors (Lipinski definition) is 8. The van der Waals surface area contributed by atoms with Crippen LogP contribution in [0.1, 0.15) is 5.89 Å². The summed E-state index contributed by atoms with van der Waals surface area (Å²) in [5.74, 6) is 2.29. The summed E-state index contributed by atoms with van der Waals surface area (Å²) >= 11 is 0. The average molecular weight is 272 g/mol. The van der Waals surface area contributed by atoms with Crippen LogP contribution < -0.4 is 9.47 Å². The van der Waals surface area contributed by atoms with Crippen molar-refractivity contribution in [2.45, 2.75) is 6.54 Å². The number of rotatable bonds is 3. The van der Waals surface area contributed by atoms with E-state index in [0.717, 1.165) is 5.56 Å². The van der Waals surface area contributed by atoms with Crippen LogP contribution in [-0.2, 0) is 6.54 Å². The molecule has 0 amide bonds. The van der Waals surface area contributed by atoms with Crippen LogP contribution in [0.25, 0.3) is 11.4 Å². The Kier molecular flexibility index (Phi) is 2.34. The topological polar surface area (TPSA) is 101 Å². The summed E-state index contributed by atoms with van der Waals surface area (Å²) in [5.41, 5.74) is 0.793. The highest BCUT2D eigenvalue weighted by atomic mass is 16.7. The minimum Gasteiger partial charge on any atom is -0.454 e. The number of fused-ring (bicyclic) bond motifs is 1. The average Bonchev–Trinajstić information content (AvgIpc) is 3.19. The van der Waals surface area contributed by atoms with Crippen molar-refractivity contribution in [2.75, 3.05) is 6.79 Å². The molecule has 0 fully saturated rings. The van der Waals surface area contributed by atoms with Gasteiger partial charge >= 0.3 is 0 Å². The van der Waals surface area contributed by atoms with Gasteiger partial charge in [-0.25, -0.2) is 4.68 Å². The minimum atomic E-state index is 0.232. The van der Waals surface area contributed by atoms with Gasteiger partial charge < -0.3 is 14.0 Å². The van der Waals surface area contributed by atoms with E-state index < -0.39 is 0 Å². The second-order valence-corrected chi connectivity index (χ2v) is 4.09. The molecular weight excluding hydrogens is 264 g/mol. The second kappa shape index (κ2) is 4.30. The van der Waals surface area contributed by atoms with Gasteiger partial charge in [-0.3, -0.25) is 0 Å². The molecule has 1 aromatic carbocycles. The van der Waals surface area contributed by atoms with E-state index in [2.05, 4.69) is 25.7 Å². The van der Waals surface area contributed by atoms with Gasteiger partial charge in [-0.2, -0.15) is 4.98 Å². The fourth-order valence-electron chi connectivity index (χ4n) is 1.86. The van der Waals surface area contributed by atoms with Crippen LogP contribution in [0, 0.1) is 0 Å². The molecule has 0 atom stereocenters. The Morgan fingerprint density at radius 3 is 3.05 bits per heavy atom. The van der Waals surface area contributed by atoms with Crippen LogP contribution in [0.3, 0.4) is 0 Å². The molecule has 0 aliphatic carbocycles. The summed E-state index contributed by atoms with van der Waals surface area (Å²) in [5, 5.41) is 14.7. The molecule has 20 heavy (non-hydrogen) atoms. The lowest BCUT2D eigenvalue weighted by Gasteiger charge is -1.97. The van der Waals surface area contributed by atoms with Gasteiger partial charge in [-0.15, -0.1) is 5.10 Å². The summed E-state index contributed by atoms with van der Waals surface area (Å²) in [7, 11) is 0. The van der Waals surface area contributed by atoms with E-state index in [1.54, 1.807) is 0 Å². The number of tetrazole rings is 1. The maximum Gasteiger partial charge on any atom is 0.248 e. The zero-order chi connectivity index (χ0) is 13.4. The Labute approximate surface area is 112 Å². The lowest BCUT2D eigenvalue weighted by atomic mass is 10.2. The molecular formula is C11H8N6O3. The monoisotopic (exact) mass is 272 g/mol. The Morgan fingerprint density at radius 1 is 1.20 bits per heavy atom. The fraction of sp³-hybridized carbons (Fsp3) is 0.182. The highest BCUT2D eigenvalue weighted by molar-refractivity contribution is 5.61. The van der Waals surface area contributed by atoms with E-state index in [4.69, 9.17) is 14.0 Å². The molecule has 100 valence electrons. The quantitative estimate of drug-likeness (QED) is 0.679. The molecule has 0 unspecified atom stereocenters. The molecule has 1 aliphatic rings. The molecule has 3 aromatic rings. The Hall–Kier alpha value is -2.97. The third-order valence-electron chi connectivity index (χ3n) is 2.79. The van der Waals surface area contributed by atoms with Crippen molar-refractivity contribution >= 4 is 0 Å². The van der Waals surface area contributed by atoms with Crippen molar-refractivity contribution in [1.82, 2.24) is 30.3 Å². The number of nitrogens with zero attached hydrogens (tertiary/aromatic N) is 6. The van der Waals surface area contributed by atoms with E-state index >= 15 is 0 Å². The third kappa shape index (κ3) is 1.85. The summed E-state index contributed by atoms with van der Waals surface area (Å²) < 4.78 is 17.2. The summed E-state index contributed by atoms with van der Waals surface area (Å²) in [6.07, 6.45) is 1.48. The van der Waals surface area contributed by atoms with Crippen LogP contribution >= 0.6 is 0 Å². The van der Waals surface area contributed by atoms with Gasteiger partial charge in [0.05, 0.1) is 0 Å².